The molecule has 0 spiro atoms. The van der Waals surface area contributed by atoms with Gasteiger partial charge in [0.2, 0.25) is 0 Å². The van der Waals surface area contributed by atoms with Crippen LogP contribution < -0.4 is 15.7 Å². The predicted octanol–water partition coefficient (Wildman–Crippen LogP) is 3.27. The number of nitrogens with one attached hydrogen (secondary N) is 1. The molecule has 0 aliphatic carbocycles. The zero-order valence-corrected chi connectivity index (χ0v) is 16.3. The number of amides is 1. The third-order valence-electron chi connectivity index (χ3n) is 4.45. The van der Waals surface area contributed by atoms with E-state index < -0.39 is 23.5 Å². The molecule has 1 atom stereocenters. The van der Waals surface area contributed by atoms with Crippen molar-refractivity contribution < 1.29 is 23.8 Å². The number of carbonyl (C=O) groups excluding carboxylic acids is 1. The first-order valence-electron chi connectivity index (χ1n) is 9.66. The van der Waals surface area contributed by atoms with Gasteiger partial charge in [0.05, 0.1) is 0 Å². The number of fused-ring (bicyclic) bond motifs is 1. The molecule has 28 heavy (non-hydrogen) atoms. The normalized spacial score (nSPS) is 11.9. The van der Waals surface area contributed by atoms with E-state index in [1.165, 1.54) is 6.07 Å². The van der Waals surface area contributed by atoms with Crippen LogP contribution in [0.15, 0.2) is 33.5 Å². The maximum atomic E-state index is 12.0. The van der Waals surface area contributed by atoms with Gasteiger partial charge >= 0.3 is 11.6 Å². The number of aliphatic carboxylic acids is 1. The van der Waals surface area contributed by atoms with E-state index >= 15 is 0 Å². The number of benzene rings is 1. The summed E-state index contributed by atoms with van der Waals surface area (Å²) in [5, 5.41) is 12.5. The van der Waals surface area contributed by atoms with Crippen molar-refractivity contribution >= 4 is 22.8 Å². The monoisotopic (exact) mass is 389 g/mol. The number of hydrogen-bond donors (Lipinski definition) is 2. The number of carboxylic acids is 1. The summed E-state index contributed by atoms with van der Waals surface area (Å²) in [6, 6.07) is 5.67. The van der Waals surface area contributed by atoms with Gasteiger partial charge in [-0.15, -0.1) is 0 Å². The lowest BCUT2D eigenvalue weighted by atomic mass is 10.0. The van der Waals surface area contributed by atoms with Crippen LogP contribution in [0.25, 0.3) is 11.0 Å². The molecule has 0 aliphatic heterocycles. The van der Waals surface area contributed by atoms with Gasteiger partial charge in [-0.3, -0.25) is 4.79 Å². The summed E-state index contributed by atoms with van der Waals surface area (Å²) in [7, 11) is 0. The lowest BCUT2D eigenvalue weighted by Crippen LogP contribution is -2.42. The predicted molar refractivity (Wildman–Crippen MR) is 106 cm³/mol. The number of ether oxygens (including phenoxy) is 1. The molecular formula is C21H27NO6. The topological polar surface area (TPSA) is 106 Å². The van der Waals surface area contributed by atoms with Crippen LogP contribution in [0, 0.1) is 0 Å². The number of rotatable bonds is 11. The fourth-order valence-corrected chi connectivity index (χ4v) is 2.92. The summed E-state index contributed by atoms with van der Waals surface area (Å²) in [5.74, 6) is -1.20. The van der Waals surface area contributed by atoms with E-state index in [1.807, 2.05) is 6.92 Å². The van der Waals surface area contributed by atoms with Crippen LogP contribution >= 0.6 is 0 Å². The molecule has 1 aromatic carbocycles. The van der Waals surface area contributed by atoms with Crippen molar-refractivity contribution in [2.75, 3.05) is 6.61 Å². The summed E-state index contributed by atoms with van der Waals surface area (Å²) in [4.78, 5) is 35.0. The molecule has 0 bridgehead atoms. The van der Waals surface area contributed by atoms with Crippen molar-refractivity contribution in [3.63, 3.8) is 0 Å². The molecule has 1 heterocycles. The highest BCUT2D eigenvalue weighted by Crippen LogP contribution is 2.23. The molecule has 0 radical (unpaired) electrons. The Morgan fingerprint density at radius 1 is 1.18 bits per heavy atom. The van der Waals surface area contributed by atoms with Gasteiger partial charge in [0, 0.05) is 17.5 Å². The number of hydrogen-bond acceptors (Lipinski definition) is 5. The van der Waals surface area contributed by atoms with Crippen molar-refractivity contribution in [3.05, 3.63) is 40.2 Å². The molecule has 2 N–H and O–H groups in total. The quantitative estimate of drug-likeness (QED) is 0.571. The fraction of sp³-hybridized carbons (Fsp3) is 0.476. The summed E-state index contributed by atoms with van der Waals surface area (Å²) < 4.78 is 10.7. The smallest absolute Gasteiger partial charge is 0.336 e. The van der Waals surface area contributed by atoms with Crippen LogP contribution in [0.3, 0.4) is 0 Å². The molecule has 0 saturated heterocycles. The molecule has 0 saturated carbocycles. The molecule has 0 unspecified atom stereocenters. The molecule has 7 nitrogen and oxygen atoms in total. The Bertz CT molecular complexity index is 873. The third-order valence-corrected chi connectivity index (χ3v) is 4.45. The first-order chi connectivity index (χ1) is 13.4. The van der Waals surface area contributed by atoms with Crippen molar-refractivity contribution in [1.29, 1.82) is 0 Å². The number of carbonyl (C=O) groups is 2. The van der Waals surface area contributed by atoms with E-state index in [0.717, 1.165) is 36.6 Å². The molecule has 152 valence electrons. The SMILES string of the molecule is CCCCc1cc(=O)oc2cc(OCC(=O)N[C@@H](CCCC)C(=O)O)ccc12. The minimum Gasteiger partial charge on any atom is -0.484 e. The van der Waals surface area contributed by atoms with Gasteiger partial charge in [-0.2, -0.15) is 0 Å². The van der Waals surface area contributed by atoms with Crippen LogP contribution in [0.4, 0.5) is 0 Å². The average Bonchev–Trinajstić information content (AvgIpc) is 2.67. The van der Waals surface area contributed by atoms with E-state index in [1.54, 1.807) is 18.2 Å². The molecule has 1 amide bonds. The second kappa shape index (κ2) is 10.5. The van der Waals surface area contributed by atoms with Gasteiger partial charge in [0.15, 0.2) is 6.61 Å². The molecule has 2 aromatic rings. The van der Waals surface area contributed by atoms with Crippen LogP contribution in [0.1, 0.15) is 51.5 Å². The molecule has 0 fully saturated rings. The Balaban J connectivity index is 2.05. The minimum atomic E-state index is -1.06. The highest BCUT2D eigenvalue weighted by molar-refractivity contribution is 5.85. The van der Waals surface area contributed by atoms with Crippen molar-refractivity contribution in [2.24, 2.45) is 0 Å². The highest BCUT2D eigenvalue weighted by Gasteiger charge is 2.19. The Morgan fingerprint density at radius 3 is 2.61 bits per heavy atom. The van der Waals surface area contributed by atoms with Crippen LogP contribution in [-0.4, -0.2) is 29.6 Å². The fourth-order valence-electron chi connectivity index (χ4n) is 2.92. The largest absolute Gasteiger partial charge is 0.484 e. The van der Waals surface area contributed by atoms with E-state index in [-0.39, 0.29) is 6.61 Å². The van der Waals surface area contributed by atoms with Crippen molar-refractivity contribution in [1.82, 2.24) is 5.32 Å². The van der Waals surface area contributed by atoms with Crippen molar-refractivity contribution in [3.8, 4) is 5.75 Å². The van der Waals surface area contributed by atoms with E-state index in [4.69, 9.17) is 14.3 Å². The lowest BCUT2D eigenvalue weighted by Gasteiger charge is -2.14. The second-order valence-electron chi connectivity index (χ2n) is 6.74. The van der Waals surface area contributed by atoms with E-state index in [2.05, 4.69) is 12.2 Å². The van der Waals surface area contributed by atoms with E-state index in [9.17, 15) is 14.4 Å². The van der Waals surface area contributed by atoms with Crippen LogP contribution in [0.5, 0.6) is 5.75 Å². The third kappa shape index (κ3) is 6.11. The van der Waals surface area contributed by atoms with Gasteiger partial charge < -0.3 is 19.6 Å². The minimum absolute atomic E-state index is 0.318. The highest BCUT2D eigenvalue weighted by atomic mass is 16.5. The first-order valence-corrected chi connectivity index (χ1v) is 9.66. The molecule has 7 heteroatoms. The number of aryl methyl sites for hydroxylation is 1. The Hall–Kier alpha value is -2.83. The van der Waals surface area contributed by atoms with Crippen molar-refractivity contribution in [2.45, 2.75) is 58.4 Å². The van der Waals surface area contributed by atoms with Gasteiger partial charge in [0.1, 0.15) is 17.4 Å². The molecule has 2 rings (SSSR count). The summed E-state index contributed by atoms with van der Waals surface area (Å²) >= 11 is 0. The second-order valence-corrected chi connectivity index (χ2v) is 6.74. The number of unbranched alkanes of at least 4 members (excludes halogenated alkanes) is 2. The zero-order chi connectivity index (χ0) is 20.5. The Kier molecular flexibility index (Phi) is 8.04. The van der Waals surface area contributed by atoms with Gasteiger partial charge in [-0.05, 0) is 37.0 Å². The Labute approximate surface area is 163 Å². The lowest BCUT2D eigenvalue weighted by molar-refractivity contribution is -0.142. The first kappa shape index (κ1) is 21.5. The molecule has 0 aliphatic rings. The standard InChI is InChI=1S/C21H27NO6/c1-3-5-7-14-11-20(24)28-18-12-15(9-10-16(14)18)27-13-19(23)22-17(21(25)26)8-6-4-2/h9-12,17H,3-8,13H2,1-2H3,(H,22,23)(H,25,26)/t17-/m0/s1. The molecule has 1 aromatic heterocycles. The van der Waals surface area contributed by atoms with E-state index in [0.29, 0.717) is 24.2 Å². The van der Waals surface area contributed by atoms with Gasteiger partial charge in [0.25, 0.3) is 5.91 Å². The van der Waals surface area contributed by atoms with Gasteiger partial charge in [-0.25, -0.2) is 9.59 Å². The summed E-state index contributed by atoms with van der Waals surface area (Å²) in [5.41, 5.74) is 0.911. The average molecular weight is 389 g/mol. The number of carboxylic acid groups (broad SMARTS) is 1. The summed E-state index contributed by atoms with van der Waals surface area (Å²) in [6.07, 6.45) is 4.71. The van der Waals surface area contributed by atoms with Crippen LogP contribution in [-0.2, 0) is 16.0 Å². The summed E-state index contributed by atoms with van der Waals surface area (Å²) in [6.45, 7) is 3.72. The maximum Gasteiger partial charge on any atom is 0.336 e. The van der Waals surface area contributed by atoms with Gasteiger partial charge in [-0.1, -0.05) is 33.1 Å². The maximum absolute atomic E-state index is 12.0. The zero-order valence-electron chi connectivity index (χ0n) is 16.3. The van der Waals surface area contributed by atoms with Crippen LogP contribution in [0.2, 0.25) is 0 Å². The molecular weight excluding hydrogens is 362 g/mol. The Morgan fingerprint density at radius 2 is 1.93 bits per heavy atom.